The first kappa shape index (κ1) is 20.9. The number of benzene rings is 3. The van der Waals surface area contributed by atoms with Gasteiger partial charge in [0.25, 0.3) is 0 Å². The molecule has 2 aromatic heterocycles. The summed E-state index contributed by atoms with van der Waals surface area (Å²) >= 11 is 12.6. The van der Waals surface area contributed by atoms with Gasteiger partial charge in [0.05, 0.1) is 15.6 Å². The van der Waals surface area contributed by atoms with Gasteiger partial charge < -0.3 is 9.97 Å². The summed E-state index contributed by atoms with van der Waals surface area (Å²) in [7, 11) is 0. The third kappa shape index (κ3) is 3.09. The number of alkyl halides is 3. The van der Waals surface area contributed by atoms with E-state index in [0.717, 1.165) is 0 Å². The minimum atomic E-state index is -4.78. The molecule has 2 heterocycles. The fourth-order valence-corrected chi connectivity index (χ4v) is 4.85. The lowest BCUT2D eigenvalue weighted by Crippen LogP contribution is -2.12. The lowest BCUT2D eigenvalue weighted by Gasteiger charge is -2.19. The summed E-state index contributed by atoms with van der Waals surface area (Å²) < 4.78 is 58.5. The van der Waals surface area contributed by atoms with Gasteiger partial charge in [-0.15, -0.1) is 0 Å². The molecule has 0 aliphatic carbocycles. The second-order valence-corrected chi connectivity index (χ2v) is 8.35. The van der Waals surface area contributed by atoms with E-state index >= 15 is 4.39 Å². The van der Waals surface area contributed by atoms with Gasteiger partial charge in [-0.25, -0.2) is 4.39 Å². The molecule has 162 valence electrons. The first-order valence-corrected chi connectivity index (χ1v) is 10.4. The standard InChI is InChI=1S/C24H14Cl2F4N2/c1-11-8-12(13-9-31-17-6-2-4-15(25)19(13)17)23(27)21(22(11)24(28,29)30)14-10-32-18-7-3-5-16(26)20(14)18/h2-10,31-32H,1H3. The number of hydrogen-bond acceptors (Lipinski definition) is 0. The van der Waals surface area contributed by atoms with Gasteiger partial charge in [-0.3, -0.25) is 0 Å². The van der Waals surface area contributed by atoms with Gasteiger partial charge in [0.1, 0.15) is 5.82 Å². The molecule has 5 rings (SSSR count). The normalized spacial score (nSPS) is 12.2. The Labute approximate surface area is 189 Å². The fraction of sp³-hybridized carbons (Fsp3) is 0.0833. The van der Waals surface area contributed by atoms with E-state index < -0.39 is 23.1 Å². The van der Waals surface area contributed by atoms with Crippen LogP contribution in [0.1, 0.15) is 11.1 Å². The largest absolute Gasteiger partial charge is 0.417 e. The molecule has 8 heteroatoms. The Balaban J connectivity index is 1.92. The van der Waals surface area contributed by atoms with Gasteiger partial charge in [-0.2, -0.15) is 13.2 Å². The van der Waals surface area contributed by atoms with Crippen LogP contribution in [0.3, 0.4) is 0 Å². The number of aromatic amines is 2. The maximum Gasteiger partial charge on any atom is 0.417 e. The molecule has 0 aliphatic heterocycles. The van der Waals surface area contributed by atoms with Gasteiger partial charge in [-0.05, 0) is 42.8 Å². The van der Waals surface area contributed by atoms with E-state index in [-0.39, 0.29) is 21.7 Å². The SMILES string of the molecule is Cc1cc(-c2c[nH]c3cccc(Cl)c23)c(F)c(-c2c[nH]c3cccc(Cl)c23)c1C(F)(F)F. The molecular weight excluding hydrogens is 463 g/mol. The highest BCUT2D eigenvalue weighted by molar-refractivity contribution is 6.37. The van der Waals surface area contributed by atoms with E-state index in [4.69, 9.17) is 23.2 Å². The highest BCUT2D eigenvalue weighted by Gasteiger charge is 2.39. The van der Waals surface area contributed by atoms with E-state index in [0.29, 0.717) is 32.4 Å². The van der Waals surface area contributed by atoms with Crippen LogP contribution in [0.25, 0.3) is 44.1 Å². The van der Waals surface area contributed by atoms with Gasteiger partial charge in [0.2, 0.25) is 0 Å². The zero-order valence-corrected chi connectivity index (χ0v) is 18.0. The first-order valence-electron chi connectivity index (χ1n) is 9.60. The van der Waals surface area contributed by atoms with Crippen LogP contribution in [0.2, 0.25) is 10.0 Å². The van der Waals surface area contributed by atoms with Crippen molar-refractivity contribution in [1.29, 1.82) is 0 Å². The second-order valence-electron chi connectivity index (χ2n) is 7.53. The van der Waals surface area contributed by atoms with E-state index in [1.807, 2.05) is 0 Å². The Bertz CT molecular complexity index is 1510. The number of rotatable bonds is 2. The fourth-order valence-electron chi connectivity index (χ4n) is 4.30. The van der Waals surface area contributed by atoms with Crippen LogP contribution in [0, 0.1) is 12.7 Å². The van der Waals surface area contributed by atoms with Crippen molar-refractivity contribution >= 4 is 45.0 Å². The minimum absolute atomic E-state index is 0.0197. The number of fused-ring (bicyclic) bond motifs is 2. The predicted molar refractivity (Wildman–Crippen MR) is 121 cm³/mol. The summed E-state index contributed by atoms with van der Waals surface area (Å²) in [5.41, 5.74) is -0.0745. The van der Waals surface area contributed by atoms with Crippen molar-refractivity contribution in [2.75, 3.05) is 0 Å². The van der Waals surface area contributed by atoms with Gasteiger partial charge in [-0.1, -0.05) is 35.3 Å². The van der Waals surface area contributed by atoms with Crippen molar-refractivity contribution in [3.63, 3.8) is 0 Å². The molecule has 0 unspecified atom stereocenters. The predicted octanol–water partition coefficient (Wildman–Crippen LogP) is 8.76. The minimum Gasteiger partial charge on any atom is -0.360 e. The molecule has 0 atom stereocenters. The molecule has 32 heavy (non-hydrogen) atoms. The Hall–Kier alpha value is -2.96. The second kappa shape index (κ2) is 7.29. The smallest absolute Gasteiger partial charge is 0.360 e. The Morgan fingerprint density at radius 1 is 0.781 bits per heavy atom. The lowest BCUT2D eigenvalue weighted by atomic mass is 9.89. The summed E-state index contributed by atoms with van der Waals surface area (Å²) in [4.78, 5) is 5.91. The molecule has 3 aromatic carbocycles. The van der Waals surface area contributed by atoms with Crippen LogP contribution < -0.4 is 0 Å². The van der Waals surface area contributed by atoms with Crippen LogP contribution in [0.4, 0.5) is 17.6 Å². The van der Waals surface area contributed by atoms with Crippen molar-refractivity contribution in [3.8, 4) is 22.3 Å². The van der Waals surface area contributed by atoms with Crippen molar-refractivity contribution in [1.82, 2.24) is 9.97 Å². The molecule has 5 aromatic rings. The average molecular weight is 477 g/mol. The molecular formula is C24H14Cl2F4N2. The number of aryl methyl sites for hydroxylation is 1. The molecule has 0 saturated heterocycles. The summed E-state index contributed by atoms with van der Waals surface area (Å²) in [6.45, 7) is 1.32. The Morgan fingerprint density at radius 2 is 1.31 bits per heavy atom. The highest BCUT2D eigenvalue weighted by Crippen LogP contribution is 2.47. The molecule has 2 nitrogen and oxygen atoms in total. The first-order chi connectivity index (χ1) is 15.2. The van der Waals surface area contributed by atoms with Crippen LogP contribution in [-0.2, 0) is 6.18 Å². The molecule has 0 spiro atoms. The Morgan fingerprint density at radius 3 is 1.88 bits per heavy atom. The lowest BCUT2D eigenvalue weighted by molar-refractivity contribution is -0.137. The summed E-state index contributed by atoms with van der Waals surface area (Å²) in [5, 5.41) is 1.46. The van der Waals surface area contributed by atoms with Crippen LogP contribution in [-0.4, -0.2) is 9.97 Å². The molecule has 0 bridgehead atoms. The number of aromatic nitrogens is 2. The zero-order valence-electron chi connectivity index (χ0n) is 16.5. The van der Waals surface area contributed by atoms with E-state index in [1.165, 1.54) is 19.2 Å². The van der Waals surface area contributed by atoms with Crippen molar-refractivity contribution in [3.05, 3.63) is 81.8 Å². The van der Waals surface area contributed by atoms with E-state index in [1.54, 1.807) is 42.6 Å². The van der Waals surface area contributed by atoms with Gasteiger partial charge in [0.15, 0.2) is 0 Å². The highest BCUT2D eigenvalue weighted by atomic mass is 35.5. The quantitative estimate of drug-likeness (QED) is 0.238. The number of H-pyrrole nitrogens is 2. The van der Waals surface area contributed by atoms with Crippen molar-refractivity contribution < 1.29 is 17.6 Å². The average Bonchev–Trinajstić information content (AvgIpc) is 3.34. The van der Waals surface area contributed by atoms with Crippen LogP contribution >= 0.6 is 23.2 Å². The van der Waals surface area contributed by atoms with E-state index in [2.05, 4.69) is 9.97 Å². The molecule has 0 aliphatic rings. The third-order valence-electron chi connectivity index (χ3n) is 5.61. The number of hydrogen-bond donors (Lipinski definition) is 2. The third-order valence-corrected chi connectivity index (χ3v) is 6.24. The number of nitrogens with one attached hydrogen (secondary N) is 2. The summed E-state index contributed by atoms with van der Waals surface area (Å²) in [6.07, 6.45) is -1.87. The molecule has 0 fully saturated rings. The summed E-state index contributed by atoms with van der Waals surface area (Å²) in [5.74, 6) is -0.996. The van der Waals surface area contributed by atoms with E-state index in [9.17, 15) is 13.2 Å². The topological polar surface area (TPSA) is 31.6 Å². The Kier molecular flexibility index (Phi) is 4.76. The van der Waals surface area contributed by atoms with Crippen LogP contribution in [0.15, 0.2) is 54.9 Å². The maximum atomic E-state index is 16.1. The zero-order chi connectivity index (χ0) is 22.8. The van der Waals surface area contributed by atoms with Crippen LogP contribution in [0.5, 0.6) is 0 Å². The summed E-state index contributed by atoms with van der Waals surface area (Å²) in [6, 6.07) is 11.3. The molecule has 0 radical (unpaired) electrons. The molecule has 0 saturated carbocycles. The molecule has 2 N–H and O–H groups in total. The molecule has 0 amide bonds. The van der Waals surface area contributed by atoms with Gasteiger partial charge in [0, 0.05) is 56.5 Å². The van der Waals surface area contributed by atoms with Crippen molar-refractivity contribution in [2.24, 2.45) is 0 Å². The number of halogens is 6. The monoisotopic (exact) mass is 476 g/mol. The van der Waals surface area contributed by atoms with Gasteiger partial charge >= 0.3 is 6.18 Å². The maximum absolute atomic E-state index is 16.1. The van der Waals surface area contributed by atoms with Crippen molar-refractivity contribution in [2.45, 2.75) is 13.1 Å².